The number of allylic oxidation sites excluding steroid dienone is 3. The van der Waals surface area contributed by atoms with Gasteiger partial charge in [-0.3, -0.25) is 0 Å². The molecule has 0 amide bonds. The number of benzene rings is 1. The molecule has 2 rings (SSSR count). The lowest BCUT2D eigenvalue weighted by Gasteiger charge is -2.11. The Hall–Kier alpha value is -1.30. The molecule has 0 fully saturated rings. The second-order valence-electron chi connectivity index (χ2n) is 3.73. The summed E-state index contributed by atoms with van der Waals surface area (Å²) < 4.78 is 0. The second-order valence-corrected chi connectivity index (χ2v) is 3.73. The van der Waals surface area contributed by atoms with Crippen molar-refractivity contribution in [3.05, 3.63) is 60.2 Å². The first-order valence-corrected chi connectivity index (χ1v) is 4.66. The first kappa shape index (κ1) is 8.31. The Morgan fingerprint density at radius 3 is 2.62 bits per heavy atom. The van der Waals surface area contributed by atoms with Crippen LogP contribution in [-0.4, -0.2) is 0 Å². The monoisotopic (exact) mass is 170 g/mol. The van der Waals surface area contributed by atoms with Gasteiger partial charge in [-0.25, -0.2) is 0 Å². The van der Waals surface area contributed by atoms with Crippen LogP contribution in [0.1, 0.15) is 18.9 Å². The van der Waals surface area contributed by atoms with Gasteiger partial charge in [-0.2, -0.15) is 0 Å². The molecule has 13 heavy (non-hydrogen) atoms. The number of rotatable bonds is 3. The molecule has 0 aromatic heterocycles. The molecular formula is C13H14. The quantitative estimate of drug-likeness (QED) is 0.609. The molecule has 1 aliphatic carbocycles. The average Bonchev–Trinajstić information content (AvgIpc) is 2.81. The zero-order valence-electron chi connectivity index (χ0n) is 7.96. The first-order chi connectivity index (χ1) is 6.27. The van der Waals surface area contributed by atoms with E-state index in [1.807, 2.05) is 6.08 Å². The minimum atomic E-state index is 0.232. The molecule has 0 saturated carbocycles. The maximum Gasteiger partial charge on any atom is 0.0319 e. The van der Waals surface area contributed by atoms with E-state index in [-0.39, 0.29) is 5.41 Å². The van der Waals surface area contributed by atoms with Crippen molar-refractivity contribution in [2.24, 2.45) is 0 Å². The molecule has 0 aliphatic heterocycles. The highest BCUT2D eigenvalue weighted by Gasteiger charge is 2.38. The van der Waals surface area contributed by atoms with E-state index < -0.39 is 0 Å². The summed E-state index contributed by atoms with van der Waals surface area (Å²) in [5.41, 5.74) is 3.12. The standard InChI is InChI=1S/C13H14/c1-3-7-12-10-13(12,2)11-8-5-4-6-9-11/h3-6,8-10H,1,7H2,2H3. The van der Waals surface area contributed by atoms with Gasteiger partial charge < -0.3 is 0 Å². The fraction of sp³-hybridized carbons (Fsp3) is 0.231. The Morgan fingerprint density at radius 1 is 1.31 bits per heavy atom. The molecule has 0 N–H and O–H groups in total. The van der Waals surface area contributed by atoms with Gasteiger partial charge in [0, 0.05) is 5.41 Å². The average molecular weight is 170 g/mol. The van der Waals surface area contributed by atoms with E-state index >= 15 is 0 Å². The van der Waals surface area contributed by atoms with Crippen LogP contribution >= 0.6 is 0 Å². The fourth-order valence-electron chi connectivity index (χ4n) is 1.79. The van der Waals surface area contributed by atoms with Crippen LogP contribution in [0.15, 0.2) is 54.6 Å². The zero-order valence-corrected chi connectivity index (χ0v) is 7.96. The molecular weight excluding hydrogens is 156 g/mol. The van der Waals surface area contributed by atoms with E-state index in [1.165, 1.54) is 11.1 Å². The van der Waals surface area contributed by atoms with Crippen molar-refractivity contribution in [3.8, 4) is 0 Å². The van der Waals surface area contributed by atoms with Gasteiger partial charge in [-0.05, 0) is 18.9 Å². The Labute approximate surface area is 79.6 Å². The van der Waals surface area contributed by atoms with E-state index in [4.69, 9.17) is 0 Å². The maximum atomic E-state index is 3.76. The van der Waals surface area contributed by atoms with Crippen LogP contribution in [0.4, 0.5) is 0 Å². The van der Waals surface area contributed by atoms with Crippen LogP contribution in [0.5, 0.6) is 0 Å². The molecule has 0 nitrogen and oxygen atoms in total. The van der Waals surface area contributed by atoms with Crippen LogP contribution in [0.25, 0.3) is 0 Å². The van der Waals surface area contributed by atoms with E-state index in [0.717, 1.165) is 6.42 Å². The molecule has 1 aliphatic rings. The minimum absolute atomic E-state index is 0.232. The van der Waals surface area contributed by atoms with Crippen LogP contribution in [-0.2, 0) is 5.41 Å². The predicted octanol–water partition coefficient (Wildman–Crippen LogP) is 3.46. The predicted molar refractivity (Wildman–Crippen MR) is 56.7 cm³/mol. The third-order valence-electron chi connectivity index (χ3n) is 2.78. The van der Waals surface area contributed by atoms with Crippen LogP contribution in [0, 0.1) is 0 Å². The summed E-state index contributed by atoms with van der Waals surface area (Å²) in [5.74, 6) is 0. The molecule has 0 heterocycles. The Kier molecular flexibility index (Phi) is 1.84. The molecule has 0 radical (unpaired) electrons. The summed E-state index contributed by atoms with van der Waals surface area (Å²) in [7, 11) is 0. The van der Waals surface area contributed by atoms with Crippen molar-refractivity contribution in [1.29, 1.82) is 0 Å². The van der Waals surface area contributed by atoms with E-state index in [2.05, 4.69) is 49.9 Å². The van der Waals surface area contributed by atoms with Gasteiger partial charge in [-0.1, -0.05) is 48.1 Å². The van der Waals surface area contributed by atoms with E-state index in [0.29, 0.717) is 0 Å². The van der Waals surface area contributed by atoms with Gasteiger partial charge >= 0.3 is 0 Å². The highest BCUT2D eigenvalue weighted by Crippen LogP contribution is 2.47. The zero-order chi connectivity index (χ0) is 9.31. The Morgan fingerprint density at radius 2 is 2.00 bits per heavy atom. The van der Waals surface area contributed by atoms with Crippen molar-refractivity contribution in [3.63, 3.8) is 0 Å². The van der Waals surface area contributed by atoms with Crippen LogP contribution in [0.2, 0.25) is 0 Å². The van der Waals surface area contributed by atoms with Gasteiger partial charge in [0.25, 0.3) is 0 Å². The van der Waals surface area contributed by atoms with Crippen LogP contribution < -0.4 is 0 Å². The molecule has 0 saturated heterocycles. The summed E-state index contributed by atoms with van der Waals surface area (Å²) >= 11 is 0. The lowest BCUT2D eigenvalue weighted by Crippen LogP contribution is -2.04. The largest absolute Gasteiger partial charge is 0.103 e. The lowest BCUT2D eigenvalue weighted by molar-refractivity contribution is 0.819. The smallest absolute Gasteiger partial charge is 0.0319 e. The van der Waals surface area contributed by atoms with Crippen molar-refractivity contribution >= 4 is 0 Å². The molecule has 1 unspecified atom stereocenters. The summed E-state index contributed by atoms with van der Waals surface area (Å²) in [6, 6.07) is 10.6. The van der Waals surface area contributed by atoms with Gasteiger partial charge in [0.2, 0.25) is 0 Å². The SMILES string of the molecule is C=CCC1=CC1(C)c1ccccc1. The minimum Gasteiger partial charge on any atom is -0.103 e. The summed E-state index contributed by atoms with van der Waals surface area (Å²) in [6.45, 7) is 6.02. The van der Waals surface area contributed by atoms with E-state index in [9.17, 15) is 0 Å². The fourth-order valence-corrected chi connectivity index (χ4v) is 1.79. The third kappa shape index (κ3) is 1.33. The van der Waals surface area contributed by atoms with Crippen molar-refractivity contribution < 1.29 is 0 Å². The normalized spacial score (nSPS) is 25.2. The van der Waals surface area contributed by atoms with Crippen molar-refractivity contribution in [1.82, 2.24) is 0 Å². The van der Waals surface area contributed by atoms with Crippen molar-refractivity contribution in [2.75, 3.05) is 0 Å². The summed E-state index contributed by atoms with van der Waals surface area (Å²) in [4.78, 5) is 0. The van der Waals surface area contributed by atoms with E-state index in [1.54, 1.807) is 0 Å². The maximum absolute atomic E-state index is 3.76. The van der Waals surface area contributed by atoms with Gasteiger partial charge in [0.1, 0.15) is 0 Å². The van der Waals surface area contributed by atoms with Gasteiger partial charge in [0.15, 0.2) is 0 Å². The summed E-state index contributed by atoms with van der Waals surface area (Å²) in [5, 5.41) is 0. The molecule has 0 heteroatoms. The molecule has 1 atom stereocenters. The molecule has 1 aromatic rings. The number of hydrogen-bond donors (Lipinski definition) is 0. The van der Waals surface area contributed by atoms with Gasteiger partial charge in [-0.15, -0.1) is 6.58 Å². The second kappa shape index (κ2) is 2.88. The molecule has 1 aromatic carbocycles. The highest BCUT2D eigenvalue weighted by atomic mass is 14.4. The summed E-state index contributed by atoms with van der Waals surface area (Å²) in [6.07, 6.45) is 5.31. The Bertz CT molecular complexity index is 346. The number of hydrogen-bond acceptors (Lipinski definition) is 0. The molecule has 66 valence electrons. The molecule has 0 bridgehead atoms. The van der Waals surface area contributed by atoms with Gasteiger partial charge in [0.05, 0.1) is 0 Å². The highest BCUT2D eigenvalue weighted by molar-refractivity contribution is 5.54. The lowest BCUT2D eigenvalue weighted by atomic mass is 9.92. The van der Waals surface area contributed by atoms with Crippen molar-refractivity contribution in [2.45, 2.75) is 18.8 Å². The van der Waals surface area contributed by atoms with Crippen LogP contribution in [0.3, 0.4) is 0 Å². The Balaban J connectivity index is 2.18. The first-order valence-electron chi connectivity index (χ1n) is 4.66. The topological polar surface area (TPSA) is 0 Å². The third-order valence-corrected chi connectivity index (χ3v) is 2.78. The molecule has 0 spiro atoms.